The number of nitrogens with one attached hydrogen (secondary N) is 1. The number of ether oxygens (including phenoxy) is 1. The van der Waals surface area contributed by atoms with Gasteiger partial charge in [0.15, 0.2) is 0 Å². The normalized spacial score (nSPS) is 22.3. The minimum atomic E-state index is -0.938. The van der Waals surface area contributed by atoms with Gasteiger partial charge in [0.25, 0.3) is 0 Å². The molecule has 0 aromatic heterocycles. The number of para-hydroxylation sites is 2. The molecule has 3 aromatic rings. The molecule has 2 aliphatic heterocycles. The standard InChI is InChI=1S/C38H50N4O5/c1-47-35-14-8-7-13-33(35)40-19-21-41(22-20-40)38(46)32(24-28-15-17-29-11-5-6-12-30(29)23-28)39-37(45)34-25-31(43)26-42(34)36(44)18-16-27-9-3-2-4-10-27/h5-8,11-15,17,23,27,31-32,34,38,43,46H,2-4,9-10,16,18-22,24-26H2,1H3,(H,39,45)/t31-,32?,34?,38?/m1/s1. The molecular weight excluding hydrogens is 592 g/mol. The van der Waals surface area contributed by atoms with Crippen LogP contribution in [0.1, 0.15) is 56.9 Å². The molecule has 252 valence electrons. The first-order valence-electron chi connectivity index (χ1n) is 17.5. The van der Waals surface area contributed by atoms with Crippen LogP contribution in [0, 0.1) is 5.92 Å². The summed E-state index contributed by atoms with van der Waals surface area (Å²) in [4.78, 5) is 33.2. The molecule has 9 nitrogen and oxygen atoms in total. The van der Waals surface area contributed by atoms with E-state index in [1.807, 2.05) is 47.4 Å². The molecule has 3 fully saturated rings. The molecule has 2 saturated heterocycles. The summed E-state index contributed by atoms with van der Waals surface area (Å²) in [5.74, 6) is 1.01. The third-order valence-electron chi connectivity index (χ3n) is 10.5. The predicted octanol–water partition coefficient (Wildman–Crippen LogP) is 4.34. The Balaban J connectivity index is 1.16. The monoisotopic (exact) mass is 642 g/mol. The molecule has 1 aliphatic carbocycles. The molecule has 0 spiro atoms. The first-order chi connectivity index (χ1) is 22.9. The van der Waals surface area contributed by atoms with Crippen LogP contribution >= 0.6 is 0 Å². The van der Waals surface area contributed by atoms with E-state index in [0.29, 0.717) is 44.9 Å². The Bertz CT molecular complexity index is 1500. The lowest BCUT2D eigenvalue weighted by atomic mass is 9.86. The molecule has 2 amide bonds. The zero-order valence-corrected chi connectivity index (χ0v) is 27.6. The van der Waals surface area contributed by atoms with Gasteiger partial charge in [0, 0.05) is 45.6 Å². The van der Waals surface area contributed by atoms with Gasteiger partial charge in [0.2, 0.25) is 11.8 Å². The van der Waals surface area contributed by atoms with Crippen LogP contribution in [0.2, 0.25) is 0 Å². The van der Waals surface area contributed by atoms with Crippen molar-refractivity contribution in [2.24, 2.45) is 5.92 Å². The number of hydrogen-bond donors (Lipinski definition) is 3. The summed E-state index contributed by atoms with van der Waals surface area (Å²) in [6.07, 6.45) is 6.25. The molecule has 4 atom stereocenters. The maximum atomic E-state index is 14.0. The van der Waals surface area contributed by atoms with Crippen LogP contribution in [-0.4, -0.2) is 96.1 Å². The van der Waals surface area contributed by atoms with Crippen LogP contribution in [0.5, 0.6) is 5.75 Å². The summed E-state index contributed by atoms with van der Waals surface area (Å²) >= 11 is 0. The number of aliphatic hydroxyl groups excluding tert-OH is 2. The van der Waals surface area contributed by atoms with E-state index in [1.165, 1.54) is 32.1 Å². The fourth-order valence-electron chi connectivity index (χ4n) is 7.79. The quantitative estimate of drug-likeness (QED) is 0.286. The van der Waals surface area contributed by atoms with Crippen LogP contribution in [0.15, 0.2) is 66.7 Å². The van der Waals surface area contributed by atoms with Gasteiger partial charge in [-0.15, -0.1) is 0 Å². The lowest BCUT2D eigenvalue weighted by molar-refractivity contribution is -0.140. The van der Waals surface area contributed by atoms with Gasteiger partial charge in [0.1, 0.15) is 18.0 Å². The van der Waals surface area contributed by atoms with E-state index in [0.717, 1.165) is 34.2 Å². The van der Waals surface area contributed by atoms with Gasteiger partial charge in [-0.25, -0.2) is 0 Å². The van der Waals surface area contributed by atoms with E-state index >= 15 is 0 Å². The second-order valence-corrected chi connectivity index (χ2v) is 13.6. The highest BCUT2D eigenvalue weighted by Crippen LogP contribution is 2.30. The molecule has 0 bridgehead atoms. The van der Waals surface area contributed by atoms with Gasteiger partial charge in [0.05, 0.1) is 24.9 Å². The van der Waals surface area contributed by atoms with Crippen molar-refractivity contribution in [1.29, 1.82) is 0 Å². The Morgan fingerprint density at radius 2 is 1.66 bits per heavy atom. The molecule has 3 unspecified atom stereocenters. The van der Waals surface area contributed by atoms with Gasteiger partial charge in [-0.05, 0) is 47.2 Å². The van der Waals surface area contributed by atoms with E-state index in [-0.39, 0.29) is 24.8 Å². The summed E-state index contributed by atoms with van der Waals surface area (Å²) < 4.78 is 5.58. The van der Waals surface area contributed by atoms with Crippen molar-refractivity contribution < 1.29 is 24.5 Å². The van der Waals surface area contributed by atoms with Crippen molar-refractivity contribution in [1.82, 2.24) is 15.1 Å². The third kappa shape index (κ3) is 8.08. The number of fused-ring (bicyclic) bond motifs is 1. The molecule has 47 heavy (non-hydrogen) atoms. The van der Waals surface area contributed by atoms with E-state index in [9.17, 15) is 19.8 Å². The zero-order valence-electron chi connectivity index (χ0n) is 27.6. The highest BCUT2D eigenvalue weighted by atomic mass is 16.5. The van der Waals surface area contributed by atoms with Gasteiger partial charge in [-0.2, -0.15) is 0 Å². The van der Waals surface area contributed by atoms with Crippen molar-refractivity contribution in [2.45, 2.75) is 82.2 Å². The highest BCUT2D eigenvalue weighted by molar-refractivity contribution is 5.88. The third-order valence-corrected chi connectivity index (χ3v) is 10.5. The molecule has 1 saturated carbocycles. The second-order valence-electron chi connectivity index (χ2n) is 13.6. The summed E-state index contributed by atoms with van der Waals surface area (Å²) in [5, 5.41) is 27.8. The van der Waals surface area contributed by atoms with Crippen molar-refractivity contribution in [2.75, 3.05) is 44.7 Å². The predicted molar refractivity (Wildman–Crippen MR) is 184 cm³/mol. The zero-order chi connectivity index (χ0) is 32.8. The van der Waals surface area contributed by atoms with Gasteiger partial charge in [-0.1, -0.05) is 86.7 Å². The van der Waals surface area contributed by atoms with Crippen molar-refractivity contribution in [3.8, 4) is 5.75 Å². The SMILES string of the molecule is COc1ccccc1N1CCN(C(O)C(Cc2ccc3ccccc3c2)NC(=O)C2C[C@@H](O)CN2C(=O)CCC2CCCCC2)CC1. The lowest BCUT2D eigenvalue weighted by Crippen LogP contribution is -2.60. The average Bonchev–Trinajstić information content (AvgIpc) is 3.52. The average molecular weight is 643 g/mol. The number of anilines is 1. The van der Waals surface area contributed by atoms with E-state index in [4.69, 9.17) is 4.74 Å². The minimum Gasteiger partial charge on any atom is -0.495 e. The van der Waals surface area contributed by atoms with Crippen LogP contribution in [-0.2, 0) is 16.0 Å². The van der Waals surface area contributed by atoms with Crippen molar-refractivity contribution in [3.63, 3.8) is 0 Å². The van der Waals surface area contributed by atoms with Gasteiger partial charge >= 0.3 is 0 Å². The molecule has 6 rings (SSSR count). The van der Waals surface area contributed by atoms with Crippen molar-refractivity contribution in [3.05, 3.63) is 72.3 Å². The maximum Gasteiger partial charge on any atom is 0.243 e. The number of benzene rings is 3. The van der Waals surface area contributed by atoms with E-state index in [1.54, 1.807) is 12.0 Å². The largest absolute Gasteiger partial charge is 0.495 e. The van der Waals surface area contributed by atoms with E-state index < -0.39 is 24.4 Å². The molecule has 3 N–H and O–H groups in total. The highest BCUT2D eigenvalue weighted by Gasteiger charge is 2.40. The lowest BCUT2D eigenvalue weighted by Gasteiger charge is -2.41. The Morgan fingerprint density at radius 1 is 0.936 bits per heavy atom. The van der Waals surface area contributed by atoms with Gasteiger partial charge in [-0.3, -0.25) is 14.5 Å². The number of methoxy groups -OCH3 is 1. The number of β-amino-alcohol motifs (C(OH)–C–C–N with tert-alkyl or cyclic N) is 1. The maximum absolute atomic E-state index is 14.0. The summed E-state index contributed by atoms with van der Waals surface area (Å²) in [7, 11) is 1.67. The van der Waals surface area contributed by atoms with Crippen LogP contribution in [0.25, 0.3) is 10.8 Å². The number of hydrogen-bond acceptors (Lipinski definition) is 7. The van der Waals surface area contributed by atoms with E-state index in [2.05, 4.69) is 34.5 Å². The number of amides is 2. The first kappa shape index (κ1) is 33.2. The Kier molecular flexibility index (Phi) is 11.0. The topological polar surface area (TPSA) is 106 Å². The van der Waals surface area contributed by atoms with Crippen LogP contribution in [0.4, 0.5) is 5.69 Å². The number of carbonyl (C=O) groups excluding carboxylic acids is 2. The van der Waals surface area contributed by atoms with Crippen LogP contribution < -0.4 is 15.0 Å². The molecular formula is C38H50N4O5. The molecule has 9 heteroatoms. The van der Waals surface area contributed by atoms with Crippen LogP contribution in [0.3, 0.4) is 0 Å². The molecule has 0 radical (unpaired) electrons. The summed E-state index contributed by atoms with van der Waals surface area (Å²) in [6, 6.07) is 21.0. The minimum absolute atomic E-state index is 0.0636. The van der Waals surface area contributed by atoms with Gasteiger partial charge < -0.3 is 30.1 Å². The molecule has 2 heterocycles. The Morgan fingerprint density at radius 3 is 2.43 bits per heavy atom. The Labute approximate surface area is 278 Å². The summed E-state index contributed by atoms with van der Waals surface area (Å²) in [5.41, 5.74) is 2.03. The number of carbonyl (C=O) groups is 2. The fourth-order valence-corrected chi connectivity index (χ4v) is 7.79. The number of nitrogens with zero attached hydrogens (tertiary/aromatic N) is 3. The Hall–Kier alpha value is -3.66. The number of aliphatic hydroxyl groups is 2. The second kappa shape index (κ2) is 15.5. The number of rotatable bonds is 11. The van der Waals surface area contributed by atoms with Crippen molar-refractivity contribution >= 4 is 28.3 Å². The fraction of sp³-hybridized carbons (Fsp3) is 0.526. The number of likely N-dealkylation sites (tertiary alicyclic amines) is 1. The molecule has 3 aromatic carbocycles. The summed E-state index contributed by atoms with van der Waals surface area (Å²) in [6.45, 7) is 2.79. The first-order valence-corrected chi connectivity index (χ1v) is 17.5. The molecule has 3 aliphatic rings. The number of piperazine rings is 1. The smallest absolute Gasteiger partial charge is 0.243 e.